The lowest BCUT2D eigenvalue weighted by molar-refractivity contribution is -0.138. The van der Waals surface area contributed by atoms with Crippen molar-refractivity contribution in [1.29, 1.82) is 5.26 Å². The van der Waals surface area contributed by atoms with E-state index in [0.717, 1.165) is 38.3 Å². The molecule has 1 aliphatic heterocycles. The van der Waals surface area contributed by atoms with Gasteiger partial charge in [0.1, 0.15) is 23.1 Å². The Kier molecular flexibility index (Phi) is 9.85. The zero-order chi connectivity index (χ0) is 33.8. The van der Waals surface area contributed by atoms with Gasteiger partial charge in [-0.25, -0.2) is 24.5 Å². The van der Waals surface area contributed by atoms with Gasteiger partial charge in [-0.3, -0.25) is 19.5 Å². The molecule has 1 saturated heterocycles. The largest absolute Gasteiger partial charge is 0.419 e. The molecular weight excluding hydrogens is 624 g/mol. The first-order chi connectivity index (χ1) is 22.5. The number of halogens is 4. The van der Waals surface area contributed by atoms with Gasteiger partial charge in [0.2, 0.25) is 5.91 Å². The monoisotopic (exact) mass is 656 g/mol. The summed E-state index contributed by atoms with van der Waals surface area (Å²) in [6.07, 6.45) is 4.45. The minimum absolute atomic E-state index is 0.112. The van der Waals surface area contributed by atoms with Crippen molar-refractivity contribution < 1.29 is 37.2 Å². The number of anilines is 1. The smallest absolute Gasteiger partial charge is 0.305 e. The number of hydrogen-bond donors (Lipinski definition) is 2. The van der Waals surface area contributed by atoms with Gasteiger partial charge in [-0.15, -0.1) is 5.10 Å². The van der Waals surface area contributed by atoms with Crippen molar-refractivity contribution in [1.82, 2.24) is 30.4 Å². The third kappa shape index (κ3) is 6.94. The zero-order valence-corrected chi connectivity index (χ0v) is 25.3. The number of nitrogens with zero attached hydrogens (tertiary/aromatic N) is 7. The van der Waals surface area contributed by atoms with Crippen LogP contribution in [0.25, 0.3) is 11.3 Å². The number of carbonyl (C=O) groups excluding carboxylic acids is 3. The topological polar surface area (TPSA) is 157 Å². The first-order valence-electron chi connectivity index (χ1n) is 15.2. The predicted molar refractivity (Wildman–Crippen MR) is 157 cm³/mol. The molecule has 4 amide bonds. The van der Waals surface area contributed by atoms with Gasteiger partial charge in [0.25, 0.3) is 5.91 Å². The number of hydroxylamine groups is 1. The average Bonchev–Trinajstić information content (AvgIpc) is 3.58. The molecule has 248 valence electrons. The SMILES string of the molecule is N#Cc1ncc(N2C(=O)N(Cc3ccc(-c4cn(CCCCCCCCC(=O)NO)nn4)cc3F)C3(CCC3)C2=O)cc1C(F)(F)F. The second kappa shape index (κ2) is 13.8. The van der Waals surface area contributed by atoms with Crippen molar-refractivity contribution in [2.75, 3.05) is 4.90 Å². The molecule has 1 spiro atoms. The van der Waals surface area contributed by atoms with Crippen molar-refractivity contribution >= 4 is 23.5 Å². The van der Waals surface area contributed by atoms with Gasteiger partial charge in [-0.05, 0) is 44.2 Å². The fourth-order valence-corrected chi connectivity index (χ4v) is 5.91. The molecule has 2 aromatic heterocycles. The van der Waals surface area contributed by atoms with Crippen LogP contribution in [0, 0.1) is 17.1 Å². The number of urea groups is 1. The zero-order valence-electron chi connectivity index (χ0n) is 25.3. The summed E-state index contributed by atoms with van der Waals surface area (Å²) in [5, 5.41) is 25.8. The van der Waals surface area contributed by atoms with Crippen molar-refractivity contribution in [3.05, 3.63) is 59.3 Å². The summed E-state index contributed by atoms with van der Waals surface area (Å²) in [4.78, 5) is 43.4. The van der Waals surface area contributed by atoms with E-state index < -0.39 is 46.4 Å². The summed E-state index contributed by atoms with van der Waals surface area (Å²) in [5.41, 5.74) is -1.34. The van der Waals surface area contributed by atoms with E-state index in [-0.39, 0.29) is 30.9 Å². The lowest BCUT2D eigenvalue weighted by Gasteiger charge is -2.42. The summed E-state index contributed by atoms with van der Waals surface area (Å²) < 4.78 is 57.8. The Bertz CT molecular complexity index is 1700. The molecule has 16 heteroatoms. The van der Waals surface area contributed by atoms with E-state index in [1.165, 1.54) is 23.1 Å². The molecule has 3 heterocycles. The van der Waals surface area contributed by atoms with Gasteiger partial charge < -0.3 is 4.90 Å². The summed E-state index contributed by atoms with van der Waals surface area (Å²) in [7, 11) is 0. The number of amides is 4. The van der Waals surface area contributed by atoms with E-state index in [1.807, 2.05) is 0 Å². The van der Waals surface area contributed by atoms with Crippen molar-refractivity contribution in [2.24, 2.45) is 0 Å². The number of aryl methyl sites for hydroxylation is 1. The molecule has 47 heavy (non-hydrogen) atoms. The Hall–Kier alpha value is -4.91. The van der Waals surface area contributed by atoms with Gasteiger partial charge in [-0.2, -0.15) is 18.4 Å². The number of imide groups is 1. The van der Waals surface area contributed by atoms with E-state index in [2.05, 4.69) is 15.3 Å². The highest BCUT2D eigenvalue weighted by atomic mass is 19.4. The molecule has 1 aromatic carbocycles. The second-order valence-corrected chi connectivity index (χ2v) is 11.7. The Morgan fingerprint density at radius 1 is 1.09 bits per heavy atom. The lowest BCUT2D eigenvalue weighted by Crippen LogP contribution is -2.54. The van der Waals surface area contributed by atoms with Crippen LogP contribution in [-0.4, -0.2) is 53.5 Å². The Labute approximate surface area is 266 Å². The molecule has 2 fully saturated rings. The first kappa shape index (κ1) is 33.5. The molecular formula is C31H32F4N8O4. The first-order valence-corrected chi connectivity index (χ1v) is 15.2. The highest BCUT2D eigenvalue weighted by Crippen LogP contribution is 2.47. The van der Waals surface area contributed by atoms with Gasteiger partial charge in [0, 0.05) is 24.1 Å². The molecule has 12 nitrogen and oxygen atoms in total. The number of unbranched alkanes of at least 4 members (excludes halogenated alkanes) is 5. The number of nitriles is 1. The number of hydrogen-bond acceptors (Lipinski definition) is 8. The lowest BCUT2D eigenvalue weighted by atomic mass is 9.75. The van der Waals surface area contributed by atoms with Crippen molar-refractivity contribution in [2.45, 2.75) is 89.0 Å². The summed E-state index contributed by atoms with van der Waals surface area (Å²) in [6.45, 7) is 0.327. The van der Waals surface area contributed by atoms with E-state index in [1.54, 1.807) is 22.4 Å². The fraction of sp³-hybridized carbons (Fsp3) is 0.452. The van der Waals surface area contributed by atoms with Crippen LogP contribution in [0.5, 0.6) is 0 Å². The van der Waals surface area contributed by atoms with Crippen molar-refractivity contribution in [3.8, 4) is 17.3 Å². The number of aromatic nitrogens is 4. The molecule has 0 atom stereocenters. The van der Waals surface area contributed by atoms with Crippen LogP contribution >= 0.6 is 0 Å². The third-order valence-electron chi connectivity index (χ3n) is 8.65. The van der Waals surface area contributed by atoms with Crippen LogP contribution in [0.1, 0.15) is 81.0 Å². The van der Waals surface area contributed by atoms with Gasteiger partial charge in [0.05, 0.1) is 30.2 Å². The average molecular weight is 657 g/mol. The van der Waals surface area contributed by atoms with Crippen LogP contribution in [0.4, 0.5) is 28.0 Å². The number of alkyl halides is 3. The van der Waals surface area contributed by atoms with E-state index in [0.29, 0.717) is 48.0 Å². The Morgan fingerprint density at radius 2 is 1.81 bits per heavy atom. The van der Waals surface area contributed by atoms with Gasteiger partial charge in [-0.1, -0.05) is 43.0 Å². The maximum atomic E-state index is 15.4. The number of benzene rings is 1. The molecule has 5 rings (SSSR count). The molecule has 2 aliphatic rings. The highest BCUT2D eigenvalue weighted by molar-refractivity contribution is 6.23. The summed E-state index contributed by atoms with van der Waals surface area (Å²) in [6, 6.07) is 5.40. The number of rotatable bonds is 13. The Morgan fingerprint density at radius 3 is 2.45 bits per heavy atom. The minimum atomic E-state index is -4.94. The van der Waals surface area contributed by atoms with E-state index >= 15 is 4.39 Å². The van der Waals surface area contributed by atoms with Gasteiger partial charge in [0.15, 0.2) is 5.69 Å². The van der Waals surface area contributed by atoms with Gasteiger partial charge >= 0.3 is 12.2 Å². The molecule has 3 aromatic rings. The molecule has 0 radical (unpaired) electrons. The van der Waals surface area contributed by atoms with Crippen molar-refractivity contribution in [3.63, 3.8) is 0 Å². The standard InChI is InChI=1S/C31H32F4N8O4/c32-24-14-20(26-19-41(40-38-26)13-6-4-2-1-3-5-8-27(44)39-47)9-10-21(24)18-42-29(46)43(28(45)30(42)11-7-12-30)22-15-23(31(33,34)35)25(16-36)37-17-22/h9-10,14-15,17,19,47H,1-8,11-13,18H2,(H,39,44). The quantitative estimate of drug-likeness (QED) is 0.0803. The molecule has 1 saturated carbocycles. The molecule has 1 aliphatic carbocycles. The molecule has 2 N–H and O–H groups in total. The maximum absolute atomic E-state index is 15.4. The maximum Gasteiger partial charge on any atom is 0.419 e. The van der Waals surface area contributed by atoms with E-state index in [9.17, 15) is 27.6 Å². The Balaban J connectivity index is 1.23. The summed E-state index contributed by atoms with van der Waals surface area (Å²) in [5.74, 6) is -1.75. The molecule has 0 bridgehead atoms. The molecule has 0 unspecified atom stereocenters. The summed E-state index contributed by atoms with van der Waals surface area (Å²) >= 11 is 0. The van der Waals surface area contributed by atoms with Crippen LogP contribution in [-0.2, 0) is 28.9 Å². The highest BCUT2D eigenvalue weighted by Gasteiger charge is 2.61. The van der Waals surface area contributed by atoms with Crippen LogP contribution in [0.2, 0.25) is 0 Å². The minimum Gasteiger partial charge on any atom is -0.305 e. The number of pyridine rings is 1. The normalized spacial score (nSPS) is 15.7. The van der Waals surface area contributed by atoms with Crippen LogP contribution < -0.4 is 10.4 Å². The fourth-order valence-electron chi connectivity index (χ4n) is 5.91. The second-order valence-electron chi connectivity index (χ2n) is 11.7. The van der Waals surface area contributed by atoms with Crippen LogP contribution in [0.3, 0.4) is 0 Å². The third-order valence-corrected chi connectivity index (χ3v) is 8.65. The predicted octanol–water partition coefficient (Wildman–Crippen LogP) is 5.50. The van der Waals surface area contributed by atoms with E-state index in [4.69, 9.17) is 10.5 Å². The number of carbonyl (C=O) groups is 3. The number of nitrogens with one attached hydrogen (secondary N) is 1. The van der Waals surface area contributed by atoms with Crippen LogP contribution in [0.15, 0.2) is 36.7 Å².